The molecule has 1 N–H and O–H groups in total. The highest BCUT2D eigenvalue weighted by Crippen LogP contribution is 2.27. The Hall–Kier alpha value is -1.79. The van der Waals surface area contributed by atoms with Crippen LogP contribution in [0, 0.1) is 0 Å². The Balaban J connectivity index is 2.07. The minimum atomic E-state index is -0.911. The molecule has 4 amide bonds. The van der Waals surface area contributed by atoms with Gasteiger partial charge in [0.05, 0.1) is 10.0 Å². The smallest absolute Gasteiger partial charge is 0.325 e. The van der Waals surface area contributed by atoms with Crippen LogP contribution < -0.4 is 5.32 Å². The summed E-state index contributed by atoms with van der Waals surface area (Å²) in [5, 5.41) is 3.50. The van der Waals surface area contributed by atoms with Crippen molar-refractivity contribution in [3.05, 3.63) is 33.8 Å². The molecule has 6 nitrogen and oxygen atoms in total. The monoisotopic (exact) mass is 385 g/mol. The van der Waals surface area contributed by atoms with Crippen LogP contribution >= 0.6 is 23.2 Å². The van der Waals surface area contributed by atoms with E-state index in [4.69, 9.17) is 23.2 Å². The summed E-state index contributed by atoms with van der Waals surface area (Å²) >= 11 is 12.1. The van der Waals surface area contributed by atoms with Crippen molar-refractivity contribution < 1.29 is 14.4 Å². The zero-order valence-electron chi connectivity index (χ0n) is 14.4. The third kappa shape index (κ3) is 3.75. The zero-order chi connectivity index (χ0) is 18.8. The molecule has 0 saturated carbocycles. The maximum atomic E-state index is 12.5. The largest absolute Gasteiger partial charge is 0.340 e. The molecule has 1 heterocycles. The molecular formula is C17H21Cl2N3O3. The van der Waals surface area contributed by atoms with E-state index in [0.29, 0.717) is 28.5 Å². The lowest BCUT2D eigenvalue weighted by molar-refractivity contribution is -0.138. The average Bonchev–Trinajstić information content (AvgIpc) is 2.83. The average molecular weight is 386 g/mol. The lowest BCUT2D eigenvalue weighted by Crippen LogP contribution is -2.46. The fourth-order valence-electron chi connectivity index (χ4n) is 2.82. The number of hydrogen-bond donors (Lipinski definition) is 1. The second kappa shape index (κ2) is 7.62. The Morgan fingerprint density at radius 1 is 1.24 bits per heavy atom. The Bertz CT molecular complexity index is 704. The van der Waals surface area contributed by atoms with Crippen LogP contribution in [-0.4, -0.2) is 46.8 Å². The standard InChI is InChI=1S/C17H21Cl2N3O3/c1-4-17(5-2)15(24)22(16(25)20-17)10-13(23)21(3)9-11-7-6-8-12(18)14(11)19/h6-8H,4-5,9-10H2,1-3H3,(H,20,25). The molecule has 1 saturated heterocycles. The van der Waals surface area contributed by atoms with Crippen molar-refractivity contribution in [1.29, 1.82) is 0 Å². The molecule has 136 valence electrons. The van der Waals surface area contributed by atoms with Gasteiger partial charge in [0.2, 0.25) is 5.91 Å². The minimum Gasteiger partial charge on any atom is -0.340 e. The quantitative estimate of drug-likeness (QED) is 0.764. The Morgan fingerprint density at radius 2 is 1.88 bits per heavy atom. The summed E-state index contributed by atoms with van der Waals surface area (Å²) in [5.74, 6) is -0.715. The van der Waals surface area contributed by atoms with Gasteiger partial charge in [-0.3, -0.25) is 14.5 Å². The number of nitrogens with one attached hydrogen (secondary N) is 1. The Kier molecular flexibility index (Phi) is 5.95. The van der Waals surface area contributed by atoms with Crippen molar-refractivity contribution in [2.45, 2.75) is 38.8 Å². The first-order valence-electron chi connectivity index (χ1n) is 8.06. The van der Waals surface area contributed by atoms with Crippen LogP contribution in [0.4, 0.5) is 4.79 Å². The number of halogens is 2. The summed E-state index contributed by atoms with van der Waals surface area (Å²) in [7, 11) is 1.59. The molecule has 25 heavy (non-hydrogen) atoms. The number of urea groups is 1. The molecule has 1 aliphatic rings. The van der Waals surface area contributed by atoms with E-state index in [1.54, 1.807) is 25.2 Å². The van der Waals surface area contributed by atoms with Crippen molar-refractivity contribution in [3.63, 3.8) is 0 Å². The highest BCUT2D eigenvalue weighted by molar-refractivity contribution is 6.42. The van der Waals surface area contributed by atoms with Crippen LogP contribution in [0.3, 0.4) is 0 Å². The van der Waals surface area contributed by atoms with Crippen LogP contribution in [0.5, 0.6) is 0 Å². The van der Waals surface area contributed by atoms with E-state index >= 15 is 0 Å². The van der Waals surface area contributed by atoms with E-state index in [-0.39, 0.29) is 24.9 Å². The Labute approximate surface area is 157 Å². The number of amides is 4. The molecule has 0 atom stereocenters. The highest BCUT2D eigenvalue weighted by Gasteiger charge is 2.49. The second-order valence-electron chi connectivity index (χ2n) is 6.07. The summed E-state index contributed by atoms with van der Waals surface area (Å²) in [6.45, 7) is 3.59. The van der Waals surface area contributed by atoms with E-state index in [9.17, 15) is 14.4 Å². The van der Waals surface area contributed by atoms with E-state index < -0.39 is 11.6 Å². The van der Waals surface area contributed by atoms with Gasteiger partial charge in [0.1, 0.15) is 12.1 Å². The maximum Gasteiger partial charge on any atom is 0.325 e. The van der Waals surface area contributed by atoms with Crippen LogP contribution in [0.1, 0.15) is 32.3 Å². The summed E-state index contributed by atoms with van der Waals surface area (Å²) in [4.78, 5) is 39.5. The van der Waals surface area contributed by atoms with Crippen molar-refractivity contribution in [1.82, 2.24) is 15.1 Å². The summed E-state index contributed by atoms with van der Waals surface area (Å²) < 4.78 is 0. The van der Waals surface area contributed by atoms with Gasteiger partial charge in [-0.1, -0.05) is 49.2 Å². The van der Waals surface area contributed by atoms with E-state index in [1.807, 2.05) is 13.8 Å². The number of carbonyl (C=O) groups is 3. The number of likely N-dealkylation sites (N-methyl/N-ethyl adjacent to an activating group) is 1. The molecule has 0 spiro atoms. The van der Waals surface area contributed by atoms with Gasteiger partial charge in [0.25, 0.3) is 5.91 Å². The van der Waals surface area contributed by atoms with Gasteiger partial charge in [-0.15, -0.1) is 0 Å². The van der Waals surface area contributed by atoms with Crippen molar-refractivity contribution in [3.8, 4) is 0 Å². The zero-order valence-corrected chi connectivity index (χ0v) is 15.9. The number of nitrogens with zero attached hydrogens (tertiary/aromatic N) is 2. The number of hydrogen-bond acceptors (Lipinski definition) is 3. The molecule has 1 fully saturated rings. The molecule has 1 aromatic rings. The predicted octanol–water partition coefficient (Wildman–Crippen LogP) is 3.06. The number of rotatable bonds is 6. The van der Waals surface area contributed by atoms with Gasteiger partial charge in [-0.25, -0.2) is 4.79 Å². The number of carbonyl (C=O) groups excluding carboxylic acids is 3. The van der Waals surface area contributed by atoms with E-state index in [2.05, 4.69) is 5.32 Å². The van der Waals surface area contributed by atoms with Gasteiger partial charge >= 0.3 is 6.03 Å². The first-order chi connectivity index (χ1) is 11.8. The third-order valence-corrected chi connectivity index (χ3v) is 5.47. The molecule has 8 heteroatoms. The first-order valence-corrected chi connectivity index (χ1v) is 8.82. The lowest BCUT2D eigenvalue weighted by atomic mass is 9.93. The molecule has 1 aliphatic heterocycles. The summed E-state index contributed by atoms with van der Waals surface area (Å²) in [5.41, 5.74) is -0.217. The molecule has 0 bridgehead atoms. The Morgan fingerprint density at radius 3 is 2.44 bits per heavy atom. The minimum absolute atomic E-state index is 0.231. The number of imide groups is 1. The van der Waals surface area contributed by atoms with Gasteiger partial charge < -0.3 is 10.2 Å². The molecule has 0 aromatic heterocycles. The molecule has 0 radical (unpaired) electrons. The second-order valence-corrected chi connectivity index (χ2v) is 6.86. The number of benzene rings is 1. The summed E-state index contributed by atoms with van der Waals surface area (Å²) in [6, 6.07) is 4.65. The van der Waals surface area contributed by atoms with Crippen LogP contribution in [0.2, 0.25) is 10.0 Å². The van der Waals surface area contributed by atoms with Gasteiger partial charge in [0.15, 0.2) is 0 Å². The van der Waals surface area contributed by atoms with Gasteiger partial charge in [-0.05, 0) is 24.5 Å². The third-order valence-electron chi connectivity index (χ3n) is 4.61. The fourth-order valence-corrected chi connectivity index (χ4v) is 3.20. The van der Waals surface area contributed by atoms with Crippen LogP contribution in [0.25, 0.3) is 0 Å². The van der Waals surface area contributed by atoms with Crippen molar-refractivity contribution in [2.75, 3.05) is 13.6 Å². The normalized spacial score (nSPS) is 16.1. The summed E-state index contributed by atoms with van der Waals surface area (Å²) in [6.07, 6.45) is 0.958. The lowest BCUT2D eigenvalue weighted by Gasteiger charge is -2.24. The van der Waals surface area contributed by atoms with Crippen LogP contribution in [-0.2, 0) is 16.1 Å². The predicted molar refractivity (Wildman–Crippen MR) is 96.5 cm³/mol. The van der Waals surface area contributed by atoms with Crippen molar-refractivity contribution in [2.24, 2.45) is 0 Å². The van der Waals surface area contributed by atoms with Gasteiger partial charge in [-0.2, -0.15) is 0 Å². The molecular weight excluding hydrogens is 365 g/mol. The first kappa shape index (κ1) is 19.5. The van der Waals surface area contributed by atoms with Gasteiger partial charge in [0, 0.05) is 13.6 Å². The van der Waals surface area contributed by atoms with Crippen molar-refractivity contribution >= 4 is 41.0 Å². The molecule has 1 aromatic carbocycles. The van der Waals surface area contributed by atoms with E-state index in [1.165, 1.54) is 4.90 Å². The molecule has 0 unspecified atom stereocenters. The highest BCUT2D eigenvalue weighted by atomic mass is 35.5. The van der Waals surface area contributed by atoms with Crippen LogP contribution in [0.15, 0.2) is 18.2 Å². The topological polar surface area (TPSA) is 69.7 Å². The van der Waals surface area contributed by atoms with E-state index in [0.717, 1.165) is 4.90 Å². The molecule has 2 rings (SSSR count). The SMILES string of the molecule is CCC1(CC)NC(=O)N(CC(=O)N(C)Cc2cccc(Cl)c2Cl)C1=O. The maximum absolute atomic E-state index is 12.5. The molecule has 0 aliphatic carbocycles. The fraction of sp³-hybridized carbons (Fsp3) is 0.471.